The molecule has 1 heterocycles. The Labute approximate surface area is 200 Å². The van der Waals surface area contributed by atoms with E-state index in [1.165, 1.54) is 17.0 Å². The van der Waals surface area contributed by atoms with E-state index in [9.17, 15) is 4.79 Å². The van der Waals surface area contributed by atoms with Gasteiger partial charge in [-0.05, 0) is 60.7 Å². The molecule has 3 aromatic rings. The first kappa shape index (κ1) is 24.5. The summed E-state index contributed by atoms with van der Waals surface area (Å²) in [7, 11) is 4.76. The van der Waals surface area contributed by atoms with Gasteiger partial charge in [0.1, 0.15) is 0 Å². The van der Waals surface area contributed by atoms with Crippen LogP contribution < -0.4 is 19.1 Å². The van der Waals surface area contributed by atoms with E-state index in [0.29, 0.717) is 35.2 Å². The van der Waals surface area contributed by atoms with Crippen LogP contribution in [0.25, 0.3) is 0 Å². The maximum Gasteiger partial charge on any atom is 0.264 e. The summed E-state index contributed by atoms with van der Waals surface area (Å²) in [4.78, 5) is 18.2. The lowest BCUT2D eigenvalue weighted by molar-refractivity contribution is 0.0734. The second-order valence-electron chi connectivity index (χ2n) is 7.51. The van der Waals surface area contributed by atoms with Crippen molar-refractivity contribution in [2.75, 3.05) is 39.3 Å². The largest absolute Gasteiger partial charge is 0.493 e. The maximum absolute atomic E-state index is 13.4. The van der Waals surface area contributed by atoms with Crippen molar-refractivity contribution < 1.29 is 19.0 Å². The highest BCUT2D eigenvalue weighted by Gasteiger charge is 2.20. The van der Waals surface area contributed by atoms with Gasteiger partial charge in [0.25, 0.3) is 5.91 Å². The van der Waals surface area contributed by atoms with Gasteiger partial charge in [0.2, 0.25) is 5.75 Å². The van der Waals surface area contributed by atoms with Crippen LogP contribution in [0.3, 0.4) is 0 Å². The average molecular weight is 469 g/mol. The van der Waals surface area contributed by atoms with E-state index in [0.717, 1.165) is 24.2 Å². The third kappa shape index (κ3) is 5.79. The molecule has 0 unspecified atom stereocenters. The fraction of sp³-hybridized carbons (Fsp3) is 0.346. The Morgan fingerprint density at radius 3 is 1.94 bits per heavy atom. The van der Waals surface area contributed by atoms with Crippen molar-refractivity contribution in [3.8, 4) is 17.2 Å². The lowest BCUT2D eigenvalue weighted by atomic mass is 10.1. The van der Waals surface area contributed by atoms with E-state index in [1.54, 1.807) is 21.3 Å². The van der Waals surface area contributed by atoms with Crippen LogP contribution in [0.1, 0.15) is 34.6 Å². The van der Waals surface area contributed by atoms with Crippen molar-refractivity contribution in [2.45, 2.75) is 26.9 Å². The number of methoxy groups -OCH3 is 3. The number of hydrogen-bond donors (Lipinski definition) is 0. The molecule has 0 radical (unpaired) electrons. The zero-order chi connectivity index (χ0) is 23.8. The average Bonchev–Trinajstić information content (AvgIpc) is 3.39. The molecule has 0 aliphatic heterocycles. The number of carbonyl (C=O) groups excluding carboxylic acids is 1. The lowest BCUT2D eigenvalue weighted by Gasteiger charge is -2.25. The Morgan fingerprint density at radius 1 is 0.848 bits per heavy atom. The molecule has 176 valence electrons. The number of amides is 1. The van der Waals surface area contributed by atoms with Crippen LogP contribution in [0.5, 0.6) is 17.2 Å². The summed E-state index contributed by atoms with van der Waals surface area (Å²) < 4.78 is 16.4. The molecule has 0 fully saturated rings. The first-order valence-corrected chi connectivity index (χ1v) is 11.9. The Balaban J connectivity index is 1.90. The third-order valence-corrected chi connectivity index (χ3v) is 6.41. The van der Waals surface area contributed by atoms with Crippen LogP contribution in [-0.2, 0) is 13.1 Å². The van der Waals surface area contributed by atoms with Gasteiger partial charge < -0.3 is 24.0 Å². The minimum Gasteiger partial charge on any atom is -0.493 e. The first-order valence-electron chi connectivity index (χ1n) is 11.0. The highest BCUT2D eigenvalue weighted by Crippen LogP contribution is 2.38. The molecule has 6 nitrogen and oxygen atoms in total. The van der Waals surface area contributed by atoms with E-state index in [4.69, 9.17) is 14.2 Å². The molecule has 0 bridgehead atoms. The molecular formula is C26H32N2O4S. The van der Waals surface area contributed by atoms with Gasteiger partial charge in [-0.3, -0.25) is 4.79 Å². The number of benzene rings is 2. The number of anilines is 1. The molecule has 0 saturated heterocycles. The van der Waals surface area contributed by atoms with E-state index in [1.807, 2.05) is 34.5 Å². The highest BCUT2D eigenvalue weighted by atomic mass is 32.1. The minimum absolute atomic E-state index is 0.00780. The summed E-state index contributed by atoms with van der Waals surface area (Å²) in [6, 6.07) is 16.0. The summed E-state index contributed by atoms with van der Waals surface area (Å²) in [5.74, 6) is 1.66. The van der Waals surface area contributed by atoms with Gasteiger partial charge in [0, 0.05) is 31.9 Å². The Hall–Kier alpha value is -3.19. The zero-order valence-corrected chi connectivity index (χ0v) is 20.8. The number of ether oxygens (including phenoxy) is 3. The topological polar surface area (TPSA) is 51.2 Å². The summed E-state index contributed by atoms with van der Waals surface area (Å²) in [6.07, 6.45) is 0. The van der Waals surface area contributed by atoms with Gasteiger partial charge >= 0.3 is 0 Å². The van der Waals surface area contributed by atoms with Crippen molar-refractivity contribution in [1.82, 2.24) is 4.90 Å². The van der Waals surface area contributed by atoms with E-state index < -0.39 is 0 Å². The van der Waals surface area contributed by atoms with Crippen molar-refractivity contribution in [2.24, 2.45) is 0 Å². The molecule has 1 aromatic heterocycles. The highest BCUT2D eigenvalue weighted by molar-refractivity contribution is 7.12. The maximum atomic E-state index is 13.4. The minimum atomic E-state index is -0.00780. The molecule has 0 N–H and O–H groups in total. The number of nitrogens with zero attached hydrogens (tertiary/aromatic N) is 2. The van der Waals surface area contributed by atoms with Gasteiger partial charge in [-0.15, -0.1) is 11.3 Å². The second-order valence-corrected chi connectivity index (χ2v) is 8.46. The molecule has 0 atom stereocenters. The Morgan fingerprint density at radius 2 is 1.45 bits per heavy atom. The Bertz CT molecular complexity index is 1010. The molecule has 2 aromatic carbocycles. The van der Waals surface area contributed by atoms with Gasteiger partial charge in [-0.1, -0.05) is 18.2 Å². The molecular weight excluding hydrogens is 436 g/mol. The van der Waals surface area contributed by atoms with E-state index >= 15 is 0 Å². The van der Waals surface area contributed by atoms with Crippen LogP contribution in [0.2, 0.25) is 0 Å². The van der Waals surface area contributed by atoms with E-state index in [2.05, 4.69) is 43.0 Å². The fourth-order valence-electron chi connectivity index (χ4n) is 3.82. The molecule has 33 heavy (non-hydrogen) atoms. The quantitative estimate of drug-likeness (QED) is 0.374. The van der Waals surface area contributed by atoms with Crippen LogP contribution in [-0.4, -0.2) is 45.2 Å². The van der Waals surface area contributed by atoms with Crippen molar-refractivity contribution in [3.05, 3.63) is 69.9 Å². The predicted octanol–water partition coefficient (Wildman–Crippen LogP) is 5.46. The van der Waals surface area contributed by atoms with Crippen LogP contribution in [0.4, 0.5) is 5.69 Å². The number of carbonyl (C=O) groups is 1. The van der Waals surface area contributed by atoms with Crippen molar-refractivity contribution >= 4 is 22.9 Å². The van der Waals surface area contributed by atoms with Crippen LogP contribution in [0, 0.1) is 0 Å². The number of hydrogen-bond acceptors (Lipinski definition) is 6. The molecule has 1 amide bonds. The molecule has 0 saturated carbocycles. The van der Waals surface area contributed by atoms with Crippen molar-refractivity contribution in [3.63, 3.8) is 0 Å². The molecule has 3 rings (SSSR count). The van der Waals surface area contributed by atoms with Crippen molar-refractivity contribution in [1.29, 1.82) is 0 Å². The summed E-state index contributed by atoms with van der Waals surface area (Å²) in [6.45, 7) is 7.11. The summed E-state index contributed by atoms with van der Waals surface area (Å²) >= 11 is 1.45. The van der Waals surface area contributed by atoms with Crippen LogP contribution >= 0.6 is 11.3 Å². The van der Waals surface area contributed by atoms with Crippen LogP contribution in [0.15, 0.2) is 53.9 Å². The van der Waals surface area contributed by atoms with Gasteiger partial charge in [-0.2, -0.15) is 0 Å². The summed E-state index contributed by atoms with van der Waals surface area (Å²) in [5, 5.41) is 1.92. The van der Waals surface area contributed by atoms with Gasteiger partial charge in [-0.25, -0.2) is 0 Å². The zero-order valence-electron chi connectivity index (χ0n) is 20.0. The van der Waals surface area contributed by atoms with E-state index in [-0.39, 0.29) is 5.91 Å². The third-order valence-electron chi connectivity index (χ3n) is 5.56. The Kier molecular flexibility index (Phi) is 8.60. The number of thiophene rings is 1. The number of rotatable bonds is 11. The standard InChI is InChI=1S/C26H32N2O4S/c1-6-27(7-2)21-12-10-19(11-13-21)17-28(26(29)24-9-8-14-33-24)18-20-15-22(30-3)25(32-5)23(16-20)31-4/h8-16H,6-7,17-18H2,1-5H3. The van der Waals surface area contributed by atoms with Gasteiger partial charge in [0.15, 0.2) is 11.5 Å². The normalized spacial score (nSPS) is 10.6. The molecule has 0 aliphatic carbocycles. The monoisotopic (exact) mass is 468 g/mol. The fourth-order valence-corrected chi connectivity index (χ4v) is 4.51. The molecule has 0 aliphatic rings. The molecule has 7 heteroatoms. The SMILES string of the molecule is CCN(CC)c1ccc(CN(Cc2cc(OC)c(OC)c(OC)c2)C(=O)c2cccs2)cc1. The predicted molar refractivity (Wildman–Crippen MR) is 134 cm³/mol. The first-order chi connectivity index (χ1) is 16.0. The molecule has 0 spiro atoms. The lowest BCUT2D eigenvalue weighted by Crippen LogP contribution is -2.29. The smallest absolute Gasteiger partial charge is 0.264 e. The summed E-state index contributed by atoms with van der Waals surface area (Å²) in [5.41, 5.74) is 3.15. The second kappa shape index (κ2) is 11.6. The van der Waals surface area contributed by atoms with Gasteiger partial charge in [0.05, 0.1) is 26.2 Å².